The number of nitrogens with one attached hydrogen (secondary N) is 1. The number of nitrogens with zero attached hydrogens (tertiary/aromatic N) is 5. The van der Waals surface area contributed by atoms with Crippen molar-refractivity contribution >= 4 is 40.6 Å². The van der Waals surface area contributed by atoms with Crippen LogP contribution in [0.4, 0.5) is 4.39 Å². The van der Waals surface area contributed by atoms with E-state index >= 15 is 0 Å². The molecule has 3 heterocycles. The van der Waals surface area contributed by atoms with Crippen LogP contribution in [0.25, 0.3) is 0 Å². The highest BCUT2D eigenvalue weighted by Crippen LogP contribution is 2.34. The number of hydrogen-bond acceptors (Lipinski definition) is 7. The monoisotopic (exact) mass is 638 g/mol. The van der Waals surface area contributed by atoms with Gasteiger partial charge in [-0.3, -0.25) is 9.59 Å². The molecule has 8 nitrogen and oxygen atoms in total. The van der Waals surface area contributed by atoms with Gasteiger partial charge >= 0.3 is 0 Å². The van der Waals surface area contributed by atoms with Crippen molar-refractivity contribution in [2.75, 3.05) is 5.75 Å². The highest BCUT2D eigenvalue weighted by Gasteiger charge is 2.33. The molecule has 2 amide bonds. The van der Waals surface area contributed by atoms with E-state index in [4.69, 9.17) is 5.10 Å². The summed E-state index contributed by atoms with van der Waals surface area (Å²) < 4.78 is 15.7. The van der Waals surface area contributed by atoms with Gasteiger partial charge in [-0.15, -0.1) is 21.5 Å². The predicted octanol–water partition coefficient (Wildman–Crippen LogP) is 6.05. The van der Waals surface area contributed by atoms with Crippen molar-refractivity contribution in [3.05, 3.63) is 136 Å². The molecule has 3 aromatic carbocycles. The van der Waals surface area contributed by atoms with Crippen LogP contribution >= 0.6 is 23.1 Å². The molecule has 1 aliphatic heterocycles. The topological polar surface area (TPSA) is 92.5 Å². The summed E-state index contributed by atoms with van der Waals surface area (Å²) in [6.45, 7) is 0.801. The Morgan fingerprint density at radius 1 is 0.911 bits per heavy atom. The van der Waals surface area contributed by atoms with Crippen LogP contribution in [0.15, 0.2) is 113 Å². The number of carbonyl (C=O) groups excluding carboxylic acids is 2. The summed E-state index contributed by atoms with van der Waals surface area (Å²) in [5.41, 5.74) is 3.75. The van der Waals surface area contributed by atoms with Crippen LogP contribution in [0.1, 0.15) is 39.9 Å². The molecule has 1 atom stereocenters. The fourth-order valence-corrected chi connectivity index (χ4v) is 6.71. The number of thioether (sulfide) groups is 1. The summed E-state index contributed by atoms with van der Waals surface area (Å²) in [6, 6.07) is 29.5. The number of thiophene rings is 1. The Kier molecular flexibility index (Phi) is 9.77. The number of aromatic nitrogens is 3. The third kappa shape index (κ3) is 7.73. The van der Waals surface area contributed by atoms with E-state index in [2.05, 4.69) is 27.6 Å². The maximum absolute atomic E-state index is 13.7. The molecule has 2 aromatic heterocycles. The number of halogens is 1. The maximum Gasteiger partial charge on any atom is 0.253 e. The summed E-state index contributed by atoms with van der Waals surface area (Å²) in [5.74, 6) is 0.0831. The summed E-state index contributed by atoms with van der Waals surface area (Å²) >= 11 is 2.87. The Hall–Kier alpha value is -4.61. The van der Waals surface area contributed by atoms with E-state index < -0.39 is 0 Å². The zero-order chi connectivity index (χ0) is 31.0. The second-order valence-electron chi connectivity index (χ2n) is 10.5. The van der Waals surface area contributed by atoms with Gasteiger partial charge in [-0.1, -0.05) is 90.6 Å². The zero-order valence-electron chi connectivity index (χ0n) is 24.4. The summed E-state index contributed by atoms with van der Waals surface area (Å²) in [5, 5.41) is 20.6. The zero-order valence-corrected chi connectivity index (χ0v) is 26.0. The SMILES string of the molecule is O=C(Cc1ccccc1)NCc1nnc(SCC(=O)N2N=C(c3cccs3)CC2c2ccc(F)cc2)n1CCc1ccccc1. The van der Waals surface area contributed by atoms with Crippen LogP contribution in [-0.2, 0) is 35.5 Å². The Balaban J connectivity index is 1.17. The summed E-state index contributed by atoms with van der Waals surface area (Å²) in [4.78, 5) is 27.4. The number of amides is 2. The third-order valence-corrected chi connectivity index (χ3v) is 9.33. The van der Waals surface area contributed by atoms with E-state index in [9.17, 15) is 14.0 Å². The normalized spacial score (nSPS) is 14.4. The Morgan fingerprint density at radius 3 is 2.36 bits per heavy atom. The molecular formula is C34H31FN6O2S2. The lowest BCUT2D eigenvalue weighted by atomic mass is 10.0. The van der Waals surface area contributed by atoms with Crippen molar-refractivity contribution in [1.82, 2.24) is 25.1 Å². The molecule has 0 radical (unpaired) electrons. The van der Waals surface area contributed by atoms with Gasteiger partial charge in [0.05, 0.1) is 35.3 Å². The number of benzene rings is 3. The van der Waals surface area contributed by atoms with Crippen molar-refractivity contribution in [3.8, 4) is 0 Å². The lowest BCUT2D eigenvalue weighted by Gasteiger charge is -2.22. The van der Waals surface area contributed by atoms with E-state index in [0.717, 1.165) is 33.7 Å². The third-order valence-electron chi connectivity index (χ3n) is 7.46. The molecule has 0 saturated heterocycles. The second kappa shape index (κ2) is 14.4. The minimum absolute atomic E-state index is 0.0861. The van der Waals surface area contributed by atoms with Gasteiger partial charge in [-0.2, -0.15) is 5.10 Å². The molecule has 5 aromatic rings. The largest absolute Gasteiger partial charge is 0.349 e. The van der Waals surface area contributed by atoms with Crippen LogP contribution in [-0.4, -0.2) is 43.1 Å². The van der Waals surface area contributed by atoms with Gasteiger partial charge in [-0.25, -0.2) is 9.40 Å². The van der Waals surface area contributed by atoms with E-state index in [0.29, 0.717) is 23.9 Å². The molecule has 1 unspecified atom stereocenters. The molecular weight excluding hydrogens is 608 g/mol. The molecule has 45 heavy (non-hydrogen) atoms. The number of hydrazone groups is 1. The lowest BCUT2D eigenvalue weighted by molar-refractivity contribution is -0.130. The van der Waals surface area contributed by atoms with Gasteiger partial charge < -0.3 is 9.88 Å². The average Bonchev–Trinajstić information content (AvgIpc) is 3.83. The van der Waals surface area contributed by atoms with Gasteiger partial charge in [0, 0.05) is 13.0 Å². The van der Waals surface area contributed by atoms with E-state index in [1.165, 1.54) is 28.9 Å². The first-order valence-corrected chi connectivity index (χ1v) is 16.5. The maximum atomic E-state index is 13.7. The number of aryl methyl sites for hydroxylation is 1. The van der Waals surface area contributed by atoms with Crippen molar-refractivity contribution < 1.29 is 14.0 Å². The first-order valence-electron chi connectivity index (χ1n) is 14.6. The Labute approximate surface area is 269 Å². The second-order valence-corrected chi connectivity index (χ2v) is 12.4. The fourth-order valence-electron chi connectivity index (χ4n) is 5.16. The Morgan fingerprint density at radius 2 is 1.64 bits per heavy atom. The summed E-state index contributed by atoms with van der Waals surface area (Å²) in [6.07, 6.45) is 1.55. The molecule has 6 rings (SSSR count). The number of carbonyl (C=O) groups is 2. The number of hydrogen-bond donors (Lipinski definition) is 1. The average molecular weight is 639 g/mol. The van der Waals surface area contributed by atoms with Crippen LogP contribution < -0.4 is 5.32 Å². The highest BCUT2D eigenvalue weighted by atomic mass is 32.2. The van der Waals surface area contributed by atoms with Crippen LogP contribution in [0.3, 0.4) is 0 Å². The summed E-state index contributed by atoms with van der Waals surface area (Å²) in [7, 11) is 0. The quantitative estimate of drug-likeness (QED) is 0.168. The number of rotatable bonds is 12. The highest BCUT2D eigenvalue weighted by molar-refractivity contribution is 7.99. The van der Waals surface area contributed by atoms with Gasteiger partial charge in [-0.05, 0) is 46.7 Å². The Bertz CT molecular complexity index is 1760. The molecule has 0 aliphatic carbocycles. The molecule has 1 aliphatic rings. The minimum Gasteiger partial charge on any atom is -0.349 e. The van der Waals surface area contributed by atoms with Crippen molar-refractivity contribution in [3.63, 3.8) is 0 Å². The van der Waals surface area contributed by atoms with Crippen LogP contribution in [0.5, 0.6) is 0 Å². The fraction of sp³-hybridized carbons (Fsp3) is 0.206. The molecule has 0 spiro atoms. The minimum atomic E-state index is -0.331. The molecule has 11 heteroatoms. The molecule has 0 fully saturated rings. The lowest BCUT2D eigenvalue weighted by Crippen LogP contribution is -2.29. The van der Waals surface area contributed by atoms with Crippen LogP contribution in [0.2, 0.25) is 0 Å². The van der Waals surface area contributed by atoms with Gasteiger partial charge in [0.1, 0.15) is 5.82 Å². The molecule has 0 bridgehead atoms. The van der Waals surface area contributed by atoms with E-state index in [1.807, 2.05) is 70.6 Å². The van der Waals surface area contributed by atoms with Crippen molar-refractivity contribution in [2.45, 2.75) is 43.6 Å². The standard InChI is InChI=1S/C34H31FN6O2S2/c35-27-15-13-26(14-16-27)29-21-28(30-12-7-19-44-30)39-41(29)33(43)23-45-34-38-37-31(40(34)18-17-24-8-3-1-4-9-24)22-36-32(42)20-25-10-5-2-6-11-25/h1-16,19,29H,17-18,20-23H2,(H,36,42). The molecule has 228 valence electrons. The van der Waals surface area contributed by atoms with E-state index in [-0.39, 0.29) is 42.4 Å². The van der Waals surface area contributed by atoms with Crippen molar-refractivity contribution in [2.24, 2.45) is 5.10 Å². The van der Waals surface area contributed by atoms with Gasteiger partial charge in [0.25, 0.3) is 5.91 Å². The smallest absolute Gasteiger partial charge is 0.253 e. The molecule has 1 N–H and O–H groups in total. The van der Waals surface area contributed by atoms with Crippen LogP contribution in [0, 0.1) is 5.82 Å². The van der Waals surface area contributed by atoms with Gasteiger partial charge in [0.2, 0.25) is 5.91 Å². The van der Waals surface area contributed by atoms with Crippen molar-refractivity contribution in [1.29, 1.82) is 0 Å². The van der Waals surface area contributed by atoms with E-state index in [1.54, 1.807) is 23.5 Å². The predicted molar refractivity (Wildman–Crippen MR) is 174 cm³/mol. The first-order chi connectivity index (χ1) is 22.0. The van der Waals surface area contributed by atoms with Gasteiger partial charge in [0.15, 0.2) is 11.0 Å². The molecule has 0 saturated carbocycles. The first kappa shape index (κ1) is 30.4.